The van der Waals surface area contributed by atoms with Gasteiger partial charge in [0.05, 0.1) is 5.39 Å². The summed E-state index contributed by atoms with van der Waals surface area (Å²) in [6.07, 6.45) is 3.41. The monoisotopic (exact) mass is 363 g/mol. The Balaban J connectivity index is 1.83. The lowest BCUT2D eigenvalue weighted by Gasteiger charge is -2.18. The summed E-state index contributed by atoms with van der Waals surface area (Å²) in [5, 5.41) is 5.49. The fraction of sp³-hybridized carbons (Fsp3) is 0.294. The van der Waals surface area contributed by atoms with E-state index in [2.05, 4.69) is 22.2 Å². The zero-order chi connectivity index (χ0) is 16.0. The molecule has 1 aliphatic rings. The largest absolute Gasteiger partial charge is 0.340 e. The van der Waals surface area contributed by atoms with Crippen molar-refractivity contribution in [3.8, 4) is 0 Å². The number of anilines is 2. The fourth-order valence-corrected chi connectivity index (χ4v) is 4.80. The van der Waals surface area contributed by atoms with E-state index < -0.39 is 0 Å². The summed E-state index contributed by atoms with van der Waals surface area (Å²) >= 11 is 13.8. The van der Waals surface area contributed by atoms with E-state index in [0.717, 1.165) is 40.5 Å². The van der Waals surface area contributed by atoms with Crippen molar-refractivity contribution in [3.05, 3.63) is 45.0 Å². The predicted octanol–water partition coefficient (Wildman–Crippen LogP) is 5.87. The van der Waals surface area contributed by atoms with Gasteiger partial charge in [0.25, 0.3) is 0 Å². The number of nitrogens with zero attached hydrogens (tertiary/aromatic N) is 2. The Morgan fingerprint density at radius 3 is 2.74 bits per heavy atom. The van der Waals surface area contributed by atoms with E-state index in [0.29, 0.717) is 5.02 Å². The molecule has 0 bridgehead atoms. The lowest BCUT2D eigenvalue weighted by molar-refractivity contribution is 0.509. The number of halogens is 2. The maximum absolute atomic E-state index is 6.13. The van der Waals surface area contributed by atoms with Crippen molar-refractivity contribution < 1.29 is 0 Å². The molecule has 2 aromatic heterocycles. The van der Waals surface area contributed by atoms with Crippen molar-refractivity contribution in [1.82, 2.24) is 9.97 Å². The first kappa shape index (κ1) is 15.2. The summed E-state index contributed by atoms with van der Waals surface area (Å²) in [7, 11) is 0. The van der Waals surface area contributed by atoms with Crippen molar-refractivity contribution in [2.24, 2.45) is 5.92 Å². The molecule has 0 spiro atoms. The van der Waals surface area contributed by atoms with Crippen molar-refractivity contribution in [3.63, 3.8) is 0 Å². The SMILES string of the molecule is CC1CCc2c(sc3nc(Cl)nc(Nc4ccc(Cl)cc4)c23)C1. The van der Waals surface area contributed by atoms with Crippen LogP contribution in [0.2, 0.25) is 10.3 Å². The highest BCUT2D eigenvalue weighted by molar-refractivity contribution is 7.19. The second kappa shape index (κ2) is 5.93. The summed E-state index contributed by atoms with van der Waals surface area (Å²) in [6.45, 7) is 2.30. The minimum Gasteiger partial charge on any atom is -0.340 e. The highest BCUT2D eigenvalue weighted by atomic mass is 35.5. The van der Waals surface area contributed by atoms with Gasteiger partial charge in [-0.2, -0.15) is 4.98 Å². The molecule has 1 atom stereocenters. The summed E-state index contributed by atoms with van der Waals surface area (Å²) in [5.74, 6) is 1.51. The molecule has 4 rings (SSSR count). The Hall–Kier alpha value is -1.36. The molecule has 0 aliphatic heterocycles. The first-order valence-corrected chi connectivity index (χ1v) is 9.18. The molecular formula is C17H15Cl2N3S. The number of rotatable bonds is 2. The Bertz CT molecular complexity index is 874. The number of nitrogens with one attached hydrogen (secondary N) is 1. The van der Waals surface area contributed by atoms with Crippen LogP contribution in [0.3, 0.4) is 0 Å². The van der Waals surface area contributed by atoms with Crippen molar-refractivity contribution in [2.45, 2.75) is 26.2 Å². The van der Waals surface area contributed by atoms with E-state index in [1.165, 1.54) is 16.9 Å². The molecule has 2 heterocycles. The van der Waals surface area contributed by atoms with Crippen LogP contribution in [0.15, 0.2) is 24.3 Å². The number of hydrogen-bond donors (Lipinski definition) is 1. The zero-order valence-corrected chi connectivity index (χ0v) is 14.9. The lowest BCUT2D eigenvalue weighted by atomic mass is 9.89. The van der Waals surface area contributed by atoms with Crippen LogP contribution in [0.5, 0.6) is 0 Å². The Morgan fingerprint density at radius 1 is 1.17 bits per heavy atom. The van der Waals surface area contributed by atoms with Gasteiger partial charge in [-0.15, -0.1) is 11.3 Å². The van der Waals surface area contributed by atoms with Crippen LogP contribution < -0.4 is 5.32 Å². The number of hydrogen-bond acceptors (Lipinski definition) is 4. The molecular weight excluding hydrogens is 349 g/mol. The van der Waals surface area contributed by atoms with E-state index in [4.69, 9.17) is 23.2 Å². The van der Waals surface area contributed by atoms with E-state index in [1.54, 1.807) is 11.3 Å². The Morgan fingerprint density at radius 2 is 1.96 bits per heavy atom. The Kier molecular flexibility index (Phi) is 3.92. The number of fused-ring (bicyclic) bond motifs is 3. The number of benzene rings is 1. The first-order chi connectivity index (χ1) is 11.1. The van der Waals surface area contributed by atoms with Gasteiger partial charge < -0.3 is 5.32 Å². The lowest BCUT2D eigenvalue weighted by Crippen LogP contribution is -2.09. The van der Waals surface area contributed by atoms with E-state index in [-0.39, 0.29) is 5.28 Å². The second-order valence-corrected chi connectivity index (χ2v) is 7.86. The molecule has 0 amide bonds. The van der Waals surface area contributed by atoms with Gasteiger partial charge in [-0.3, -0.25) is 0 Å². The van der Waals surface area contributed by atoms with Crippen LogP contribution >= 0.6 is 34.5 Å². The molecule has 1 aliphatic carbocycles. The van der Waals surface area contributed by atoms with E-state index in [9.17, 15) is 0 Å². The molecule has 0 radical (unpaired) electrons. The highest BCUT2D eigenvalue weighted by Gasteiger charge is 2.23. The van der Waals surface area contributed by atoms with Crippen LogP contribution in [0.1, 0.15) is 23.8 Å². The van der Waals surface area contributed by atoms with Crippen LogP contribution in [0.4, 0.5) is 11.5 Å². The number of aromatic nitrogens is 2. The summed E-state index contributed by atoms with van der Waals surface area (Å²) in [6, 6.07) is 7.58. The van der Waals surface area contributed by atoms with Crippen LogP contribution in [-0.4, -0.2) is 9.97 Å². The molecule has 1 unspecified atom stereocenters. The van der Waals surface area contributed by atoms with Gasteiger partial charge in [0.1, 0.15) is 10.6 Å². The average molecular weight is 364 g/mol. The van der Waals surface area contributed by atoms with Crippen molar-refractivity contribution >= 4 is 56.3 Å². The standard InChI is InChI=1S/C17H15Cl2N3S/c1-9-2-7-12-13(8-9)23-16-14(12)15(21-17(19)22-16)20-11-5-3-10(18)4-6-11/h3-6,9H,2,7-8H2,1H3,(H,20,21,22). The van der Waals surface area contributed by atoms with Gasteiger partial charge >= 0.3 is 0 Å². The zero-order valence-electron chi connectivity index (χ0n) is 12.6. The van der Waals surface area contributed by atoms with Gasteiger partial charge in [-0.05, 0) is 66.6 Å². The smallest absolute Gasteiger partial charge is 0.225 e. The molecule has 1 aromatic carbocycles. The van der Waals surface area contributed by atoms with Gasteiger partial charge in [-0.1, -0.05) is 18.5 Å². The maximum atomic E-state index is 6.13. The summed E-state index contributed by atoms with van der Waals surface area (Å²) in [5.41, 5.74) is 2.32. The predicted molar refractivity (Wildman–Crippen MR) is 98.3 cm³/mol. The summed E-state index contributed by atoms with van der Waals surface area (Å²) in [4.78, 5) is 11.3. The number of aryl methyl sites for hydroxylation is 1. The molecule has 118 valence electrons. The Labute approximate surface area is 148 Å². The minimum absolute atomic E-state index is 0.278. The highest BCUT2D eigenvalue weighted by Crippen LogP contribution is 2.41. The van der Waals surface area contributed by atoms with Gasteiger partial charge in [0.15, 0.2) is 0 Å². The van der Waals surface area contributed by atoms with E-state index >= 15 is 0 Å². The fourth-order valence-electron chi connectivity index (χ4n) is 3.08. The topological polar surface area (TPSA) is 37.8 Å². The van der Waals surface area contributed by atoms with Crippen LogP contribution in [0, 0.1) is 5.92 Å². The molecule has 3 nitrogen and oxygen atoms in total. The maximum Gasteiger partial charge on any atom is 0.225 e. The molecule has 6 heteroatoms. The second-order valence-electron chi connectivity index (χ2n) is 6.01. The molecule has 1 N–H and O–H groups in total. The van der Waals surface area contributed by atoms with Gasteiger partial charge in [0, 0.05) is 15.6 Å². The normalized spacial score (nSPS) is 17.3. The van der Waals surface area contributed by atoms with Crippen LogP contribution in [-0.2, 0) is 12.8 Å². The third-order valence-electron chi connectivity index (χ3n) is 4.23. The van der Waals surface area contributed by atoms with Crippen molar-refractivity contribution in [2.75, 3.05) is 5.32 Å². The first-order valence-electron chi connectivity index (χ1n) is 7.60. The van der Waals surface area contributed by atoms with Crippen LogP contribution in [0.25, 0.3) is 10.2 Å². The molecule has 0 saturated carbocycles. The molecule has 23 heavy (non-hydrogen) atoms. The minimum atomic E-state index is 0.278. The number of thiophene rings is 1. The molecule has 0 fully saturated rings. The quantitative estimate of drug-likeness (QED) is 0.578. The molecule has 0 saturated heterocycles. The molecule has 3 aromatic rings. The van der Waals surface area contributed by atoms with Gasteiger partial charge in [0.2, 0.25) is 5.28 Å². The van der Waals surface area contributed by atoms with E-state index in [1.807, 2.05) is 24.3 Å². The third-order valence-corrected chi connectivity index (χ3v) is 5.80. The van der Waals surface area contributed by atoms with Crippen molar-refractivity contribution in [1.29, 1.82) is 0 Å². The van der Waals surface area contributed by atoms with Gasteiger partial charge in [-0.25, -0.2) is 4.98 Å². The third kappa shape index (κ3) is 2.91. The average Bonchev–Trinajstić information content (AvgIpc) is 2.86. The summed E-state index contributed by atoms with van der Waals surface area (Å²) < 4.78 is 0.